The average Bonchev–Trinajstić information content (AvgIpc) is 2.54. The number of ether oxygens (including phenoxy) is 1. The van der Waals surface area contributed by atoms with Gasteiger partial charge in [0.2, 0.25) is 5.91 Å². The summed E-state index contributed by atoms with van der Waals surface area (Å²) < 4.78 is 19.4. The van der Waals surface area contributed by atoms with Crippen molar-refractivity contribution in [3.63, 3.8) is 0 Å². The van der Waals surface area contributed by atoms with Gasteiger partial charge in [-0.3, -0.25) is 4.79 Å². The van der Waals surface area contributed by atoms with Crippen LogP contribution in [0, 0.1) is 5.82 Å². The van der Waals surface area contributed by atoms with Gasteiger partial charge in [0.15, 0.2) is 0 Å². The Morgan fingerprint density at radius 1 is 1.21 bits per heavy atom. The molecule has 0 heterocycles. The second-order valence-corrected chi connectivity index (χ2v) is 6.71. The van der Waals surface area contributed by atoms with Gasteiger partial charge < -0.3 is 10.1 Å². The minimum atomic E-state index is -0.324. The Morgan fingerprint density at radius 3 is 2.54 bits per heavy atom. The maximum Gasteiger partial charge on any atom is 0.224 e. The lowest BCUT2D eigenvalue weighted by Crippen LogP contribution is -2.12. The molecule has 0 spiro atoms. The zero-order chi connectivity index (χ0) is 17.5. The highest BCUT2D eigenvalue weighted by Crippen LogP contribution is 2.29. The van der Waals surface area contributed by atoms with Gasteiger partial charge in [0, 0.05) is 12.1 Å². The number of hydrogen-bond acceptors (Lipinski definition) is 2. The summed E-state index contributed by atoms with van der Waals surface area (Å²) in [5.74, 6) is 0.804. The second kappa shape index (κ2) is 8.83. The molecule has 0 saturated heterocycles. The number of amides is 1. The number of halogens is 2. The van der Waals surface area contributed by atoms with Crippen LogP contribution < -0.4 is 10.1 Å². The number of nitrogens with one attached hydrogen (secondary N) is 1. The Morgan fingerprint density at radius 2 is 1.92 bits per heavy atom. The van der Waals surface area contributed by atoms with Crippen molar-refractivity contribution in [3.05, 3.63) is 58.3 Å². The van der Waals surface area contributed by atoms with Gasteiger partial charge in [0.25, 0.3) is 0 Å². The summed E-state index contributed by atoms with van der Waals surface area (Å²) in [5, 5.41) is 2.73. The van der Waals surface area contributed by atoms with Crippen molar-refractivity contribution < 1.29 is 13.9 Å². The minimum absolute atomic E-state index is 0.112. The third-order valence-corrected chi connectivity index (χ3v) is 4.18. The van der Waals surface area contributed by atoms with Crippen LogP contribution in [0.4, 0.5) is 10.1 Å². The topological polar surface area (TPSA) is 38.3 Å². The second-order valence-electron chi connectivity index (χ2n) is 5.85. The summed E-state index contributed by atoms with van der Waals surface area (Å²) in [5.41, 5.74) is 1.84. The normalized spacial score (nSPS) is 10.7. The van der Waals surface area contributed by atoms with E-state index >= 15 is 0 Å². The van der Waals surface area contributed by atoms with Crippen LogP contribution in [0.15, 0.2) is 46.9 Å². The molecule has 128 valence electrons. The molecule has 0 aromatic heterocycles. The van der Waals surface area contributed by atoms with E-state index in [9.17, 15) is 9.18 Å². The Balaban J connectivity index is 1.74. The minimum Gasteiger partial charge on any atom is -0.492 e. The highest BCUT2D eigenvalue weighted by atomic mass is 79.9. The number of benzene rings is 2. The molecule has 1 N–H and O–H groups in total. The molecule has 2 aromatic carbocycles. The van der Waals surface area contributed by atoms with Crippen LogP contribution in [-0.4, -0.2) is 12.5 Å². The van der Waals surface area contributed by atoms with Crippen LogP contribution in [0.3, 0.4) is 0 Å². The van der Waals surface area contributed by atoms with Crippen molar-refractivity contribution >= 4 is 27.5 Å². The van der Waals surface area contributed by atoms with E-state index in [0.717, 1.165) is 10.2 Å². The summed E-state index contributed by atoms with van der Waals surface area (Å²) in [6, 6.07) is 11.8. The van der Waals surface area contributed by atoms with Crippen molar-refractivity contribution in [1.29, 1.82) is 0 Å². The zero-order valence-corrected chi connectivity index (χ0v) is 15.4. The first-order chi connectivity index (χ1) is 11.5. The van der Waals surface area contributed by atoms with E-state index in [2.05, 4.69) is 41.2 Å². The van der Waals surface area contributed by atoms with Gasteiger partial charge in [-0.25, -0.2) is 4.39 Å². The maximum atomic E-state index is 12.8. The molecular formula is C19H21BrFNO2. The van der Waals surface area contributed by atoms with Crippen molar-refractivity contribution in [2.45, 2.75) is 32.6 Å². The summed E-state index contributed by atoms with van der Waals surface area (Å²) in [4.78, 5) is 11.8. The number of hydrogen-bond donors (Lipinski definition) is 1. The lowest BCUT2D eigenvalue weighted by atomic mass is 10.0. The zero-order valence-electron chi connectivity index (χ0n) is 13.8. The number of rotatable bonds is 7. The van der Waals surface area contributed by atoms with Crippen LogP contribution in [0.2, 0.25) is 0 Å². The van der Waals surface area contributed by atoms with Gasteiger partial charge >= 0.3 is 0 Å². The van der Waals surface area contributed by atoms with E-state index in [0.29, 0.717) is 31.1 Å². The fraction of sp³-hybridized carbons (Fsp3) is 0.316. The standard InChI is InChI=1S/C19H21BrFNO2/c1-13(2)14-5-10-18(17(20)12-14)24-11-3-4-19(23)22-16-8-6-15(21)7-9-16/h5-10,12-13H,3-4,11H2,1-2H3,(H,22,23). The van der Waals surface area contributed by atoms with Crippen molar-refractivity contribution in [1.82, 2.24) is 0 Å². The first kappa shape index (κ1) is 18.5. The fourth-order valence-electron chi connectivity index (χ4n) is 2.16. The van der Waals surface area contributed by atoms with E-state index in [1.807, 2.05) is 12.1 Å². The van der Waals surface area contributed by atoms with Crippen LogP contribution in [0.5, 0.6) is 5.75 Å². The molecule has 0 fully saturated rings. The monoisotopic (exact) mass is 393 g/mol. The highest BCUT2D eigenvalue weighted by Gasteiger charge is 2.07. The van der Waals surface area contributed by atoms with E-state index < -0.39 is 0 Å². The summed E-state index contributed by atoms with van der Waals surface area (Å²) in [6.45, 7) is 4.74. The molecule has 2 rings (SSSR count). The molecule has 2 aromatic rings. The van der Waals surface area contributed by atoms with Gasteiger partial charge in [0.05, 0.1) is 11.1 Å². The quantitative estimate of drug-likeness (QED) is 0.629. The molecule has 0 aliphatic heterocycles. The van der Waals surface area contributed by atoms with Crippen LogP contribution >= 0.6 is 15.9 Å². The highest BCUT2D eigenvalue weighted by molar-refractivity contribution is 9.10. The molecule has 24 heavy (non-hydrogen) atoms. The summed E-state index contributed by atoms with van der Waals surface area (Å²) in [6.07, 6.45) is 0.949. The van der Waals surface area contributed by atoms with Gasteiger partial charge in [-0.2, -0.15) is 0 Å². The first-order valence-electron chi connectivity index (χ1n) is 7.93. The smallest absolute Gasteiger partial charge is 0.224 e. The Bertz CT molecular complexity index is 686. The van der Waals surface area contributed by atoms with Crippen LogP contribution in [0.1, 0.15) is 38.2 Å². The average molecular weight is 394 g/mol. The SMILES string of the molecule is CC(C)c1ccc(OCCCC(=O)Nc2ccc(F)cc2)c(Br)c1. The molecular weight excluding hydrogens is 373 g/mol. The van der Waals surface area contributed by atoms with E-state index in [-0.39, 0.29) is 11.7 Å². The molecule has 1 amide bonds. The third kappa shape index (κ3) is 5.64. The molecule has 3 nitrogen and oxygen atoms in total. The lowest BCUT2D eigenvalue weighted by Gasteiger charge is -2.11. The van der Waals surface area contributed by atoms with E-state index in [1.165, 1.54) is 29.8 Å². The Labute approximate surface area is 150 Å². The Kier molecular flexibility index (Phi) is 6.79. The molecule has 0 atom stereocenters. The Hall–Kier alpha value is -1.88. The van der Waals surface area contributed by atoms with Crippen LogP contribution in [-0.2, 0) is 4.79 Å². The summed E-state index contributed by atoms with van der Waals surface area (Å²) in [7, 11) is 0. The molecule has 0 bridgehead atoms. The maximum absolute atomic E-state index is 12.8. The summed E-state index contributed by atoms with van der Waals surface area (Å²) >= 11 is 3.51. The van der Waals surface area contributed by atoms with Gasteiger partial charge in [-0.15, -0.1) is 0 Å². The predicted molar refractivity (Wildman–Crippen MR) is 98.0 cm³/mol. The van der Waals surface area contributed by atoms with E-state index in [4.69, 9.17) is 4.74 Å². The molecule has 5 heteroatoms. The number of carbonyl (C=O) groups is 1. The predicted octanol–water partition coefficient (Wildman–Crippen LogP) is 5.51. The first-order valence-corrected chi connectivity index (χ1v) is 8.72. The molecule has 0 aliphatic rings. The number of anilines is 1. The largest absolute Gasteiger partial charge is 0.492 e. The number of carbonyl (C=O) groups excluding carboxylic acids is 1. The molecule has 0 saturated carbocycles. The van der Waals surface area contributed by atoms with Crippen LogP contribution in [0.25, 0.3) is 0 Å². The fourth-order valence-corrected chi connectivity index (χ4v) is 2.68. The lowest BCUT2D eigenvalue weighted by molar-refractivity contribution is -0.116. The van der Waals surface area contributed by atoms with Crippen molar-refractivity contribution in [2.24, 2.45) is 0 Å². The third-order valence-electron chi connectivity index (χ3n) is 3.56. The van der Waals surface area contributed by atoms with Gasteiger partial charge in [-0.05, 0) is 70.2 Å². The molecule has 0 unspecified atom stereocenters. The van der Waals surface area contributed by atoms with E-state index in [1.54, 1.807) is 0 Å². The van der Waals surface area contributed by atoms with Gasteiger partial charge in [0.1, 0.15) is 11.6 Å². The molecule has 0 aliphatic carbocycles. The van der Waals surface area contributed by atoms with Gasteiger partial charge in [-0.1, -0.05) is 19.9 Å². The molecule has 0 radical (unpaired) electrons. The van der Waals surface area contributed by atoms with Crippen molar-refractivity contribution in [3.8, 4) is 5.75 Å². The van der Waals surface area contributed by atoms with Crippen molar-refractivity contribution in [2.75, 3.05) is 11.9 Å².